The Hall–Kier alpha value is -3.72. The lowest BCUT2D eigenvalue weighted by molar-refractivity contribution is -0.277. The molecule has 2 amide bonds. The highest BCUT2D eigenvalue weighted by atomic mass is 35.5. The lowest BCUT2D eigenvalue weighted by Gasteiger charge is -2.39. The summed E-state index contributed by atoms with van der Waals surface area (Å²) in [5, 5.41) is 44.1. The fourth-order valence-electron chi connectivity index (χ4n) is 7.70. The third kappa shape index (κ3) is 6.27. The van der Waals surface area contributed by atoms with E-state index >= 15 is 0 Å². The fraction of sp³-hybridized carbons (Fsp3) is 0.405. The molecule has 0 spiro atoms. The highest BCUT2D eigenvalue weighted by Gasteiger charge is 2.45. The number of hydrogen-bond donors (Lipinski definition) is 5. The van der Waals surface area contributed by atoms with Gasteiger partial charge >= 0.3 is 0 Å². The van der Waals surface area contributed by atoms with Crippen LogP contribution in [-0.4, -0.2) is 94.4 Å². The summed E-state index contributed by atoms with van der Waals surface area (Å²) in [5.74, 6) is 6.32. The number of anilines is 2. The number of nitrogens with two attached hydrogens (primary N) is 1. The summed E-state index contributed by atoms with van der Waals surface area (Å²) >= 11 is 12.8. The number of ether oxygens (including phenoxy) is 2. The van der Waals surface area contributed by atoms with Crippen LogP contribution < -0.4 is 25.3 Å². The van der Waals surface area contributed by atoms with Gasteiger partial charge < -0.3 is 44.5 Å². The summed E-state index contributed by atoms with van der Waals surface area (Å²) in [4.78, 5) is 36.1. The number of aliphatic hydroxyl groups is 4. The molecule has 3 aliphatic rings. The number of aliphatic hydroxyl groups excluding tert-OH is 4. The molecule has 0 radical (unpaired) electrons. The largest absolute Gasteiger partial charge is 0.461 e. The molecule has 6 N–H and O–H groups in total. The molecule has 0 bridgehead atoms. The average molecular weight is 741 g/mol. The molecule has 4 aromatic rings. The molecule has 0 unspecified atom stereocenters. The predicted molar refractivity (Wildman–Crippen MR) is 193 cm³/mol. The summed E-state index contributed by atoms with van der Waals surface area (Å²) in [7, 11) is 0. The number of hydrogen-bond acceptors (Lipinski definition) is 10. The van der Waals surface area contributed by atoms with Crippen LogP contribution in [0, 0.1) is 0 Å². The molecule has 0 aliphatic carbocycles. The zero-order chi connectivity index (χ0) is 36.0. The van der Waals surface area contributed by atoms with E-state index in [1.165, 1.54) is 0 Å². The van der Waals surface area contributed by atoms with Gasteiger partial charge in [-0.15, -0.1) is 23.2 Å². The molecule has 1 saturated heterocycles. The van der Waals surface area contributed by atoms with Crippen molar-refractivity contribution in [2.75, 3.05) is 41.3 Å². The first-order valence-corrected chi connectivity index (χ1v) is 17.9. The maximum absolute atomic E-state index is 13.9. The number of carbonyl (C=O) groups is 2. The molecule has 1 fully saturated rings. The zero-order valence-corrected chi connectivity index (χ0v) is 29.0. The summed E-state index contributed by atoms with van der Waals surface area (Å²) in [6, 6.07) is 18.6. The van der Waals surface area contributed by atoms with Crippen LogP contribution in [0.15, 0.2) is 60.7 Å². The van der Waals surface area contributed by atoms with Crippen molar-refractivity contribution in [3.05, 3.63) is 71.8 Å². The third-order valence-corrected chi connectivity index (χ3v) is 11.0. The first-order chi connectivity index (χ1) is 24.7. The Morgan fingerprint density at radius 1 is 0.765 bits per heavy atom. The second kappa shape index (κ2) is 14.7. The van der Waals surface area contributed by atoms with Crippen molar-refractivity contribution < 1.29 is 44.3 Å². The molecule has 14 heteroatoms. The van der Waals surface area contributed by atoms with Gasteiger partial charge in [0.2, 0.25) is 18.1 Å². The van der Waals surface area contributed by atoms with Crippen molar-refractivity contribution in [2.24, 2.45) is 5.90 Å². The number of fused-ring (bicyclic) bond motifs is 6. The number of rotatable bonds is 10. The Balaban J connectivity index is 1.11. The molecular weight excluding hydrogens is 701 g/mol. The topological polar surface area (TPSA) is 175 Å². The molecule has 0 aromatic heterocycles. The minimum Gasteiger partial charge on any atom is -0.461 e. The van der Waals surface area contributed by atoms with E-state index in [2.05, 4.69) is 0 Å². The molecule has 51 heavy (non-hydrogen) atoms. The van der Waals surface area contributed by atoms with E-state index in [0.29, 0.717) is 47.9 Å². The zero-order valence-electron chi connectivity index (χ0n) is 27.5. The molecule has 7 atom stereocenters. The maximum Gasteiger partial charge on any atom is 0.229 e. The lowest BCUT2D eigenvalue weighted by atomic mass is 9.95. The van der Waals surface area contributed by atoms with E-state index in [1.807, 2.05) is 48.5 Å². The highest BCUT2D eigenvalue weighted by Crippen LogP contribution is 2.47. The number of amides is 2. The summed E-state index contributed by atoms with van der Waals surface area (Å²) in [6.07, 6.45) is -6.83. The third-order valence-electron chi connectivity index (χ3n) is 10.2. The Kier molecular flexibility index (Phi) is 10.3. The van der Waals surface area contributed by atoms with Crippen molar-refractivity contribution in [2.45, 2.75) is 61.8 Å². The van der Waals surface area contributed by atoms with E-state index in [0.717, 1.165) is 27.3 Å². The van der Waals surface area contributed by atoms with Crippen LogP contribution in [-0.2, 0) is 14.3 Å². The van der Waals surface area contributed by atoms with E-state index in [4.69, 9.17) is 43.4 Å². The first-order valence-electron chi connectivity index (χ1n) is 16.9. The van der Waals surface area contributed by atoms with Crippen LogP contribution in [0.2, 0.25) is 0 Å². The van der Waals surface area contributed by atoms with Gasteiger partial charge in [-0.05, 0) is 28.3 Å². The predicted octanol–water partition coefficient (Wildman–Crippen LogP) is 3.63. The molecule has 0 saturated carbocycles. The van der Waals surface area contributed by atoms with E-state index in [1.54, 1.807) is 21.9 Å². The second-order valence-corrected chi connectivity index (χ2v) is 13.8. The van der Waals surface area contributed by atoms with E-state index < -0.39 is 37.3 Å². The first kappa shape index (κ1) is 35.7. The minimum atomic E-state index is -1.62. The normalized spacial score (nSPS) is 25.7. The van der Waals surface area contributed by atoms with Gasteiger partial charge in [0.15, 0.2) is 5.75 Å². The van der Waals surface area contributed by atoms with Crippen molar-refractivity contribution in [1.82, 2.24) is 0 Å². The van der Waals surface area contributed by atoms with Crippen molar-refractivity contribution >= 4 is 67.9 Å². The Bertz CT molecular complexity index is 1960. The quantitative estimate of drug-likeness (QED) is 0.119. The summed E-state index contributed by atoms with van der Waals surface area (Å²) in [6.45, 7) is 0.130. The molecule has 3 heterocycles. The molecule has 7 rings (SSSR count). The molecule has 270 valence electrons. The van der Waals surface area contributed by atoms with Crippen molar-refractivity contribution in [1.29, 1.82) is 0 Å². The Morgan fingerprint density at radius 3 is 1.75 bits per heavy atom. The van der Waals surface area contributed by atoms with Gasteiger partial charge in [-0.2, -0.15) is 5.90 Å². The Morgan fingerprint density at radius 2 is 1.25 bits per heavy atom. The number of carbonyl (C=O) groups excluding carboxylic acids is 2. The second-order valence-electron chi connectivity index (χ2n) is 13.2. The maximum atomic E-state index is 13.9. The molecule has 12 nitrogen and oxygen atoms in total. The van der Waals surface area contributed by atoms with Crippen molar-refractivity contribution in [3.8, 4) is 11.5 Å². The fourth-order valence-corrected chi connectivity index (χ4v) is 8.20. The van der Waals surface area contributed by atoms with Gasteiger partial charge in [-0.1, -0.05) is 48.5 Å². The van der Waals surface area contributed by atoms with Crippen LogP contribution in [0.25, 0.3) is 21.5 Å². The smallest absolute Gasteiger partial charge is 0.229 e. The lowest BCUT2D eigenvalue weighted by Crippen LogP contribution is -2.60. The van der Waals surface area contributed by atoms with E-state index in [-0.39, 0.29) is 48.1 Å². The van der Waals surface area contributed by atoms with Crippen molar-refractivity contribution in [3.63, 3.8) is 0 Å². The van der Waals surface area contributed by atoms with Crippen LogP contribution in [0.4, 0.5) is 11.4 Å². The van der Waals surface area contributed by atoms with Crippen LogP contribution in [0.1, 0.15) is 42.2 Å². The monoisotopic (exact) mass is 739 g/mol. The SMILES string of the molecule is NOc1cc2c(c3ccccc13)[C@H](CCl)CN2C(=O)CCCC(=O)N1C[C@@H](CCl)c2c1cc(O[C@@H]1O[C@H](CO)[C@H](O)[C@H](O)[C@H]1O)c1ccccc21. The van der Waals surface area contributed by atoms with Gasteiger partial charge in [0, 0.05) is 72.4 Å². The average Bonchev–Trinajstić information content (AvgIpc) is 3.73. The number of benzene rings is 4. The summed E-state index contributed by atoms with van der Waals surface area (Å²) in [5.41, 5.74) is 3.13. The van der Waals surface area contributed by atoms with Gasteiger partial charge in [-0.25, -0.2) is 0 Å². The van der Waals surface area contributed by atoms with Crippen LogP contribution in [0.5, 0.6) is 11.5 Å². The molecule has 4 aromatic carbocycles. The standard InChI is InChI=1S/C37H39Cl2N3O9/c38-14-19-16-41(25-12-27(21-6-1-3-8-23(21)32(19)25)49-37-36(48)35(47)34(46)29(18-43)50-37)30(44)10-5-11-31(45)42-17-20(15-39)33-24-9-4-2-7-22(24)28(51-40)13-26(33)42/h1-4,6-9,12-13,19-20,29,34-37,43,46-48H,5,10-11,14-18,40H2/t19-,20-,29-,34+,35+,36-,37-/m1/s1. The summed E-state index contributed by atoms with van der Waals surface area (Å²) < 4.78 is 11.7. The van der Waals surface area contributed by atoms with Gasteiger partial charge in [0.1, 0.15) is 30.2 Å². The molecule has 3 aliphatic heterocycles. The number of halogens is 2. The van der Waals surface area contributed by atoms with Gasteiger partial charge in [-0.3, -0.25) is 9.59 Å². The number of nitrogens with zero attached hydrogens (tertiary/aromatic N) is 2. The minimum absolute atomic E-state index is 0.0771. The van der Waals surface area contributed by atoms with Crippen LogP contribution >= 0.6 is 23.2 Å². The number of alkyl halides is 2. The van der Waals surface area contributed by atoms with Gasteiger partial charge in [0.05, 0.1) is 18.0 Å². The van der Waals surface area contributed by atoms with Crippen LogP contribution in [0.3, 0.4) is 0 Å². The van der Waals surface area contributed by atoms with Gasteiger partial charge in [0.25, 0.3) is 0 Å². The van der Waals surface area contributed by atoms with E-state index in [9.17, 15) is 30.0 Å². The Labute approximate surface area is 303 Å². The molecular formula is C37H39Cl2N3O9. The highest BCUT2D eigenvalue weighted by molar-refractivity contribution is 6.19.